The molecule has 0 fully saturated rings. The highest BCUT2D eigenvalue weighted by Crippen LogP contribution is 2.54. The van der Waals surface area contributed by atoms with Gasteiger partial charge in [-0.2, -0.15) is 10.2 Å². The third-order valence-electron chi connectivity index (χ3n) is 15.1. The molecule has 2 aliphatic rings. The number of hydrogen-bond donors (Lipinski definition) is 0. The maximum absolute atomic E-state index is 5.01. The van der Waals surface area contributed by atoms with Crippen LogP contribution >= 0.6 is 0 Å². The molecule has 4 nitrogen and oxygen atoms in total. The highest BCUT2D eigenvalue weighted by atomic mass is 15.3. The van der Waals surface area contributed by atoms with Gasteiger partial charge in [0.05, 0.1) is 35.2 Å². The van der Waals surface area contributed by atoms with Crippen molar-refractivity contribution < 1.29 is 0 Å². The summed E-state index contributed by atoms with van der Waals surface area (Å²) < 4.78 is 4.43. The lowest BCUT2D eigenvalue weighted by Gasteiger charge is -2.47. The molecule has 0 unspecified atom stereocenters. The molecule has 0 N–H and O–H groups in total. The molecule has 4 heterocycles. The number of rotatable bonds is 10. The third kappa shape index (κ3) is 6.49. The standard InChI is InChI=1S/C56H62N4/c1-37(2)29-42-31-40(23-21-38-25-27-49-47(33-38)53(3,4)55(7,8)51-45(35-57-59(49)51)43-17-13-11-14-18-43)30-41(32-42)24-22-39-26-28-50-48(34-39)54(5,6)56(9,10)52-46(36-58-60(50)52)44-19-15-12-16-20-44/h11-20,25-28,30-37H,21-24,29H2,1-10H3. The highest BCUT2D eigenvalue weighted by Gasteiger charge is 2.50. The molecule has 0 saturated carbocycles. The first-order valence-electron chi connectivity index (χ1n) is 22.2. The molecule has 4 heteroatoms. The molecule has 0 bridgehead atoms. The first kappa shape index (κ1) is 40.0. The van der Waals surface area contributed by atoms with Gasteiger partial charge in [-0.25, -0.2) is 9.36 Å². The molecule has 0 radical (unpaired) electrons. The molecule has 0 amide bonds. The van der Waals surface area contributed by atoms with E-state index in [1.807, 2.05) is 0 Å². The molecule has 60 heavy (non-hydrogen) atoms. The van der Waals surface area contributed by atoms with E-state index in [9.17, 15) is 0 Å². The average molecular weight is 791 g/mol. The number of aromatic nitrogens is 4. The van der Waals surface area contributed by atoms with Crippen LogP contribution in [0.5, 0.6) is 0 Å². The second kappa shape index (κ2) is 14.6. The van der Waals surface area contributed by atoms with E-state index in [-0.39, 0.29) is 21.7 Å². The van der Waals surface area contributed by atoms with Crippen molar-refractivity contribution in [3.8, 4) is 33.6 Å². The fraction of sp³-hybridized carbons (Fsp3) is 0.357. The van der Waals surface area contributed by atoms with Crippen molar-refractivity contribution in [3.05, 3.63) is 178 Å². The molecule has 0 spiro atoms. The maximum atomic E-state index is 5.01. The molecule has 2 aliphatic heterocycles. The zero-order valence-electron chi connectivity index (χ0n) is 37.5. The van der Waals surface area contributed by atoms with Crippen LogP contribution in [0.4, 0.5) is 0 Å². The van der Waals surface area contributed by atoms with Gasteiger partial charge < -0.3 is 0 Å². The molecule has 5 aromatic carbocycles. The van der Waals surface area contributed by atoms with Gasteiger partial charge in [0.2, 0.25) is 0 Å². The van der Waals surface area contributed by atoms with Crippen molar-refractivity contribution in [2.24, 2.45) is 5.92 Å². The lowest BCUT2D eigenvalue weighted by Crippen LogP contribution is -2.46. The fourth-order valence-electron chi connectivity index (χ4n) is 10.3. The summed E-state index contributed by atoms with van der Waals surface area (Å²) in [5, 5.41) is 10.0. The van der Waals surface area contributed by atoms with Crippen LogP contribution in [0.3, 0.4) is 0 Å². The highest BCUT2D eigenvalue weighted by molar-refractivity contribution is 5.72. The minimum atomic E-state index is -0.127. The quantitative estimate of drug-likeness (QED) is 0.138. The summed E-state index contributed by atoms with van der Waals surface area (Å²) in [6.07, 6.45) is 9.28. The average Bonchev–Trinajstić information content (AvgIpc) is 3.89. The Morgan fingerprint density at radius 1 is 0.433 bits per heavy atom. The largest absolute Gasteiger partial charge is 0.236 e. The van der Waals surface area contributed by atoms with Crippen molar-refractivity contribution in [1.29, 1.82) is 0 Å². The fourth-order valence-corrected chi connectivity index (χ4v) is 10.3. The first-order chi connectivity index (χ1) is 28.6. The summed E-state index contributed by atoms with van der Waals surface area (Å²) in [5.41, 5.74) is 19.4. The van der Waals surface area contributed by atoms with Crippen molar-refractivity contribution in [2.75, 3.05) is 0 Å². The van der Waals surface area contributed by atoms with Gasteiger partial charge in [-0.05, 0) is 100 Å². The van der Waals surface area contributed by atoms with Gasteiger partial charge in [0.25, 0.3) is 0 Å². The van der Waals surface area contributed by atoms with E-state index in [0.717, 1.165) is 32.1 Å². The Morgan fingerprint density at radius 2 is 0.817 bits per heavy atom. The maximum Gasteiger partial charge on any atom is 0.0687 e. The zero-order valence-corrected chi connectivity index (χ0v) is 37.5. The minimum Gasteiger partial charge on any atom is -0.236 e. The topological polar surface area (TPSA) is 35.6 Å². The van der Waals surface area contributed by atoms with Gasteiger partial charge in [0, 0.05) is 32.8 Å². The van der Waals surface area contributed by atoms with Gasteiger partial charge in [-0.15, -0.1) is 0 Å². The molecule has 306 valence electrons. The number of nitrogens with zero attached hydrogens (tertiary/aromatic N) is 4. The minimum absolute atomic E-state index is 0.0876. The lowest BCUT2D eigenvalue weighted by molar-refractivity contribution is 0.276. The Labute approximate surface area is 358 Å². The van der Waals surface area contributed by atoms with Crippen molar-refractivity contribution in [2.45, 2.75) is 123 Å². The predicted octanol–water partition coefficient (Wildman–Crippen LogP) is 13.3. The molecule has 2 aromatic heterocycles. The number of hydrogen-bond acceptors (Lipinski definition) is 2. The molecule has 0 saturated heterocycles. The van der Waals surface area contributed by atoms with Crippen molar-refractivity contribution >= 4 is 0 Å². The molecular weight excluding hydrogens is 729 g/mol. The van der Waals surface area contributed by atoms with Crippen LogP contribution in [0.1, 0.15) is 120 Å². The normalized spacial score (nSPS) is 16.5. The Bertz CT molecular complexity index is 2520. The third-order valence-corrected chi connectivity index (χ3v) is 15.1. The van der Waals surface area contributed by atoms with Crippen LogP contribution in [0, 0.1) is 5.92 Å². The molecule has 7 aromatic rings. The van der Waals surface area contributed by atoms with Crippen molar-refractivity contribution in [3.63, 3.8) is 0 Å². The predicted molar refractivity (Wildman–Crippen MR) is 250 cm³/mol. The van der Waals surface area contributed by atoms with Crippen LogP contribution in [-0.2, 0) is 53.8 Å². The van der Waals surface area contributed by atoms with Gasteiger partial charge in [-0.1, -0.05) is 172 Å². The summed E-state index contributed by atoms with van der Waals surface area (Å²) in [6.45, 7) is 23.9. The first-order valence-corrected chi connectivity index (χ1v) is 22.2. The second-order valence-corrected chi connectivity index (χ2v) is 20.3. The molecular formula is C56H62N4. The lowest BCUT2D eigenvalue weighted by atomic mass is 9.59. The van der Waals surface area contributed by atoms with Crippen LogP contribution in [0.25, 0.3) is 33.6 Å². The second-order valence-electron chi connectivity index (χ2n) is 20.3. The number of fused-ring (bicyclic) bond motifs is 6. The summed E-state index contributed by atoms with van der Waals surface area (Å²) in [5.74, 6) is 0.606. The molecule has 0 aliphatic carbocycles. The monoisotopic (exact) mass is 790 g/mol. The van der Waals surface area contributed by atoms with E-state index in [1.54, 1.807) is 0 Å². The number of benzene rings is 5. The Morgan fingerprint density at radius 3 is 1.22 bits per heavy atom. The van der Waals surface area contributed by atoms with E-state index in [4.69, 9.17) is 10.2 Å². The van der Waals surface area contributed by atoms with Crippen LogP contribution in [0.15, 0.2) is 128 Å². The van der Waals surface area contributed by atoms with E-state index < -0.39 is 0 Å². The van der Waals surface area contributed by atoms with Crippen LogP contribution in [0.2, 0.25) is 0 Å². The Hall–Kier alpha value is -5.48. The van der Waals surface area contributed by atoms with E-state index in [0.29, 0.717) is 5.92 Å². The SMILES string of the molecule is CC(C)Cc1cc(CCc2ccc3c(c2)C(C)(C)C(C)(C)c2c(-c4ccccc4)cnn2-3)cc(CCc2ccc3c(c2)C(C)(C)C(C)(C)c2c(-c4ccccc4)cnn2-3)c1. The summed E-state index contributed by atoms with van der Waals surface area (Å²) in [6, 6.07) is 43.2. The molecule has 9 rings (SSSR count). The van der Waals surface area contributed by atoms with Gasteiger partial charge in [-0.3, -0.25) is 0 Å². The summed E-state index contributed by atoms with van der Waals surface area (Å²) >= 11 is 0. The smallest absolute Gasteiger partial charge is 0.0687 e. The van der Waals surface area contributed by atoms with E-state index in [1.165, 1.54) is 84.0 Å². The van der Waals surface area contributed by atoms with Crippen LogP contribution in [-0.4, -0.2) is 19.6 Å². The Balaban J connectivity index is 0.971. The van der Waals surface area contributed by atoms with Crippen LogP contribution < -0.4 is 0 Å². The number of aryl methyl sites for hydroxylation is 4. The van der Waals surface area contributed by atoms with Gasteiger partial charge in [0.1, 0.15) is 0 Å². The molecule has 0 atom stereocenters. The summed E-state index contributed by atoms with van der Waals surface area (Å²) in [4.78, 5) is 0. The summed E-state index contributed by atoms with van der Waals surface area (Å²) in [7, 11) is 0. The zero-order chi connectivity index (χ0) is 42.2. The van der Waals surface area contributed by atoms with Gasteiger partial charge >= 0.3 is 0 Å². The van der Waals surface area contributed by atoms with Gasteiger partial charge in [0.15, 0.2) is 0 Å². The Kier molecular flexibility index (Phi) is 9.73. The van der Waals surface area contributed by atoms with E-state index in [2.05, 4.69) is 206 Å². The van der Waals surface area contributed by atoms with E-state index >= 15 is 0 Å². The van der Waals surface area contributed by atoms with Crippen molar-refractivity contribution in [1.82, 2.24) is 19.6 Å².